The number of nitrogens with zero attached hydrogens (tertiary/aromatic N) is 2. The first-order valence-electron chi connectivity index (χ1n) is 8.31. The van der Waals surface area contributed by atoms with Gasteiger partial charge < -0.3 is 9.47 Å². The Hall–Kier alpha value is -2.94. The van der Waals surface area contributed by atoms with Crippen LogP contribution < -0.4 is 0 Å². The molecule has 0 aromatic heterocycles. The van der Waals surface area contributed by atoms with E-state index in [0.29, 0.717) is 6.42 Å². The Morgan fingerprint density at radius 3 is 2.38 bits per heavy atom. The van der Waals surface area contributed by atoms with E-state index >= 15 is 0 Å². The van der Waals surface area contributed by atoms with Gasteiger partial charge in [-0.25, -0.2) is 19.6 Å². The van der Waals surface area contributed by atoms with Gasteiger partial charge in [-0.1, -0.05) is 42.3 Å². The van der Waals surface area contributed by atoms with Crippen molar-refractivity contribution in [2.24, 2.45) is 0 Å². The molecule has 0 atom stereocenters. The molecule has 0 fully saturated rings. The number of ether oxygens (including phenoxy) is 2. The molecule has 140 valence electrons. The Morgan fingerprint density at radius 1 is 1.19 bits per heavy atom. The van der Waals surface area contributed by atoms with E-state index in [9.17, 15) is 9.59 Å². The molecule has 0 heterocycles. The molecule has 0 spiro atoms. The molecular formula is C20H26N2O4. The highest BCUT2D eigenvalue weighted by Crippen LogP contribution is 2.14. The summed E-state index contributed by atoms with van der Waals surface area (Å²) in [5.74, 6) is 2.37. The summed E-state index contributed by atoms with van der Waals surface area (Å²) in [5, 5.41) is 2.22. The van der Waals surface area contributed by atoms with E-state index in [0.717, 1.165) is 15.6 Å². The van der Waals surface area contributed by atoms with Crippen molar-refractivity contribution in [3.05, 3.63) is 48.6 Å². The van der Waals surface area contributed by atoms with Gasteiger partial charge in [0.15, 0.2) is 0 Å². The molecule has 6 nitrogen and oxygen atoms in total. The minimum Gasteiger partial charge on any atom is -0.443 e. The third-order valence-corrected chi connectivity index (χ3v) is 3.10. The highest BCUT2D eigenvalue weighted by Gasteiger charge is 2.30. The maximum Gasteiger partial charge on any atom is 0.430 e. The van der Waals surface area contributed by atoms with Crippen LogP contribution in [0.1, 0.15) is 32.8 Å². The standard InChI is InChI=1S/C20H26N2O4/c1-6-8-15-22(18(23)25-16-17-12-10-9-11-13-17)21(14-7-2)19(24)26-20(3,4)5/h2,6,9-13H,1,8,14-16H2,3-5H3. The average Bonchev–Trinajstić information content (AvgIpc) is 2.58. The predicted molar refractivity (Wildman–Crippen MR) is 99.9 cm³/mol. The zero-order valence-corrected chi connectivity index (χ0v) is 15.6. The first-order chi connectivity index (χ1) is 12.3. The molecule has 6 heteroatoms. The van der Waals surface area contributed by atoms with Crippen LogP contribution in [0.15, 0.2) is 43.0 Å². The average molecular weight is 358 g/mol. The number of terminal acetylenes is 1. The first-order valence-corrected chi connectivity index (χ1v) is 8.31. The summed E-state index contributed by atoms with van der Waals surface area (Å²) >= 11 is 0. The summed E-state index contributed by atoms with van der Waals surface area (Å²) in [7, 11) is 0. The Balaban J connectivity index is 2.91. The molecule has 0 aliphatic carbocycles. The van der Waals surface area contributed by atoms with E-state index in [4.69, 9.17) is 15.9 Å². The Kier molecular flexibility index (Phi) is 8.23. The van der Waals surface area contributed by atoms with Crippen LogP contribution in [0.4, 0.5) is 9.59 Å². The number of benzene rings is 1. The van der Waals surface area contributed by atoms with Gasteiger partial charge in [0.1, 0.15) is 18.8 Å². The van der Waals surface area contributed by atoms with Gasteiger partial charge in [-0.15, -0.1) is 13.0 Å². The third-order valence-electron chi connectivity index (χ3n) is 3.10. The number of hydrogen-bond donors (Lipinski definition) is 0. The molecule has 0 aliphatic heterocycles. The van der Waals surface area contributed by atoms with Gasteiger partial charge >= 0.3 is 12.2 Å². The van der Waals surface area contributed by atoms with Crippen LogP contribution in [0.5, 0.6) is 0 Å². The van der Waals surface area contributed by atoms with Crippen molar-refractivity contribution in [2.45, 2.75) is 39.4 Å². The number of amides is 2. The number of hydrazine groups is 1. The van der Waals surface area contributed by atoms with Gasteiger partial charge in [-0.05, 0) is 32.8 Å². The minimum atomic E-state index is -0.720. The first kappa shape index (κ1) is 21.1. The summed E-state index contributed by atoms with van der Waals surface area (Å²) < 4.78 is 10.7. The SMILES string of the molecule is C#CCN(C(=O)OC(C)(C)C)N(CCC=C)C(=O)OCc1ccccc1. The Labute approximate surface area is 155 Å². The second kappa shape index (κ2) is 10.1. The van der Waals surface area contributed by atoms with Crippen LogP contribution in [0.2, 0.25) is 0 Å². The molecule has 1 rings (SSSR count). The summed E-state index contributed by atoms with van der Waals surface area (Å²) in [4.78, 5) is 25.0. The van der Waals surface area contributed by atoms with Gasteiger partial charge in [-0.3, -0.25) is 0 Å². The fourth-order valence-electron chi connectivity index (χ4n) is 1.97. The second-order valence-electron chi connectivity index (χ2n) is 6.48. The lowest BCUT2D eigenvalue weighted by atomic mass is 10.2. The smallest absolute Gasteiger partial charge is 0.430 e. The number of rotatable bonds is 6. The lowest BCUT2D eigenvalue weighted by molar-refractivity contribution is -0.0418. The lowest BCUT2D eigenvalue weighted by Gasteiger charge is -2.33. The molecule has 0 aliphatic rings. The molecular weight excluding hydrogens is 332 g/mol. The molecule has 0 radical (unpaired) electrons. The van der Waals surface area contributed by atoms with Crippen LogP contribution >= 0.6 is 0 Å². The normalized spacial score (nSPS) is 10.4. The molecule has 2 amide bonds. The molecule has 0 N–H and O–H groups in total. The molecule has 0 saturated carbocycles. The fourth-order valence-corrected chi connectivity index (χ4v) is 1.97. The highest BCUT2D eigenvalue weighted by molar-refractivity contribution is 5.74. The largest absolute Gasteiger partial charge is 0.443 e. The summed E-state index contributed by atoms with van der Waals surface area (Å²) in [6.07, 6.45) is 6.07. The maximum absolute atomic E-state index is 12.6. The summed E-state index contributed by atoms with van der Waals surface area (Å²) in [5.41, 5.74) is 0.118. The number of hydrogen-bond acceptors (Lipinski definition) is 4. The van der Waals surface area contributed by atoms with Gasteiger partial charge in [-0.2, -0.15) is 0 Å². The van der Waals surface area contributed by atoms with Crippen LogP contribution in [-0.4, -0.2) is 40.9 Å². The molecule has 1 aromatic rings. The highest BCUT2D eigenvalue weighted by atomic mass is 16.6. The fraction of sp³-hybridized carbons (Fsp3) is 0.400. The predicted octanol–water partition coefficient (Wildman–Crippen LogP) is 3.99. The van der Waals surface area contributed by atoms with Crippen molar-refractivity contribution in [2.75, 3.05) is 13.1 Å². The van der Waals surface area contributed by atoms with Gasteiger partial charge in [0.05, 0.1) is 0 Å². The van der Waals surface area contributed by atoms with E-state index in [1.54, 1.807) is 26.8 Å². The van der Waals surface area contributed by atoms with Gasteiger partial charge in [0, 0.05) is 6.54 Å². The topological polar surface area (TPSA) is 59.1 Å². The number of carbonyl (C=O) groups excluding carboxylic acids is 2. The Bertz CT molecular complexity index is 644. The van der Waals surface area contributed by atoms with Crippen LogP contribution in [-0.2, 0) is 16.1 Å². The quantitative estimate of drug-likeness (QED) is 0.438. The summed E-state index contributed by atoms with van der Waals surface area (Å²) in [6.45, 7) is 9.01. The van der Waals surface area contributed by atoms with Crippen LogP contribution in [0.25, 0.3) is 0 Å². The van der Waals surface area contributed by atoms with Crippen molar-refractivity contribution in [1.82, 2.24) is 10.0 Å². The van der Waals surface area contributed by atoms with Crippen molar-refractivity contribution < 1.29 is 19.1 Å². The van der Waals surface area contributed by atoms with E-state index in [2.05, 4.69) is 12.5 Å². The molecule has 1 aromatic carbocycles. The van der Waals surface area contributed by atoms with Crippen molar-refractivity contribution in [1.29, 1.82) is 0 Å². The zero-order chi connectivity index (χ0) is 19.6. The van der Waals surface area contributed by atoms with Crippen LogP contribution in [0.3, 0.4) is 0 Å². The maximum atomic E-state index is 12.6. The van der Waals surface area contributed by atoms with Crippen molar-refractivity contribution in [3.63, 3.8) is 0 Å². The van der Waals surface area contributed by atoms with E-state index in [1.807, 2.05) is 30.3 Å². The van der Waals surface area contributed by atoms with Crippen molar-refractivity contribution >= 4 is 12.2 Å². The van der Waals surface area contributed by atoms with Gasteiger partial charge in [0.25, 0.3) is 0 Å². The van der Waals surface area contributed by atoms with E-state index in [-0.39, 0.29) is 19.7 Å². The molecule has 26 heavy (non-hydrogen) atoms. The van der Waals surface area contributed by atoms with Crippen molar-refractivity contribution in [3.8, 4) is 12.3 Å². The minimum absolute atomic E-state index is 0.0858. The Morgan fingerprint density at radius 2 is 1.85 bits per heavy atom. The zero-order valence-electron chi connectivity index (χ0n) is 15.6. The van der Waals surface area contributed by atoms with E-state index < -0.39 is 17.8 Å². The summed E-state index contributed by atoms with van der Waals surface area (Å²) in [6, 6.07) is 9.26. The molecule has 0 bridgehead atoms. The third kappa shape index (κ3) is 7.31. The van der Waals surface area contributed by atoms with Crippen LogP contribution in [0, 0.1) is 12.3 Å². The lowest BCUT2D eigenvalue weighted by Crippen LogP contribution is -2.52. The van der Waals surface area contributed by atoms with Gasteiger partial charge in [0.2, 0.25) is 0 Å². The molecule has 0 unspecified atom stereocenters. The number of carbonyl (C=O) groups is 2. The van der Waals surface area contributed by atoms with E-state index in [1.165, 1.54) is 0 Å². The molecule has 0 saturated heterocycles. The monoisotopic (exact) mass is 358 g/mol. The second-order valence-corrected chi connectivity index (χ2v) is 6.48.